The summed E-state index contributed by atoms with van der Waals surface area (Å²) in [5.74, 6) is 0.540. The summed E-state index contributed by atoms with van der Waals surface area (Å²) in [6.45, 7) is 0. The van der Waals surface area contributed by atoms with Gasteiger partial charge in [0.25, 0.3) is 5.56 Å². The van der Waals surface area contributed by atoms with E-state index < -0.39 is 0 Å². The Hall–Kier alpha value is -2.89. The Morgan fingerprint density at radius 1 is 1.19 bits per heavy atom. The maximum absolute atomic E-state index is 11.8. The van der Waals surface area contributed by atoms with Gasteiger partial charge in [-0.2, -0.15) is 5.10 Å². The van der Waals surface area contributed by atoms with E-state index in [1.807, 2.05) is 18.2 Å². The van der Waals surface area contributed by atoms with E-state index in [1.165, 1.54) is 4.57 Å². The smallest absolute Gasteiger partial charge is 0.250 e. The van der Waals surface area contributed by atoms with Crippen molar-refractivity contribution in [1.29, 1.82) is 0 Å². The van der Waals surface area contributed by atoms with Crippen molar-refractivity contribution in [2.45, 2.75) is 0 Å². The summed E-state index contributed by atoms with van der Waals surface area (Å²) in [6.07, 6.45) is 5.15. The first kappa shape index (κ1) is 13.1. The van der Waals surface area contributed by atoms with E-state index in [2.05, 4.69) is 10.1 Å². The molecule has 2 N–H and O–H groups in total. The summed E-state index contributed by atoms with van der Waals surface area (Å²) in [4.78, 5) is 16.0. The number of nitrogen functional groups attached to an aromatic ring is 1. The van der Waals surface area contributed by atoms with Gasteiger partial charge in [0.2, 0.25) is 0 Å². The van der Waals surface area contributed by atoms with Crippen LogP contribution in [0.3, 0.4) is 0 Å². The van der Waals surface area contributed by atoms with Crippen molar-refractivity contribution >= 4 is 5.82 Å². The zero-order chi connectivity index (χ0) is 15.0. The monoisotopic (exact) mass is 281 g/mol. The molecule has 0 aliphatic heterocycles. The second-order valence-electron chi connectivity index (χ2n) is 4.84. The highest BCUT2D eigenvalue weighted by atomic mass is 16.1. The molecule has 3 aromatic rings. The van der Waals surface area contributed by atoms with Gasteiger partial charge in [0.05, 0.1) is 5.56 Å². The van der Waals surface area contributed by atoms with Crippen molar-refractivity contribution in [1.82, 2.24) is 19.3 Å². The van der Waals surface area contributed by atoms with Crippen LogP contribution in [-0.2, 0) is 14.1 Å². The highest BCUT2D eigenvalue weighted by Gasteiger charge is 2.17. The van der Waals surface area contributed by atoms with Crippen LogP contribution in [0.15, 0.2) is 47.7 Å². The van der Waals surface area contributed by atoms with Gasteiger partial charge >= 0.3 is 0 Å². The van der Waals surface area contributed by atoms with E-state index in [0.717, 1.165) is 16.7 Å². The first-order chi connectivity index (χ1) is 10.1. The maximum atomic E-state index is 11.8. The number of nitrogens with zero attached hydrogens (tertiary/aromatic N) is 4. The highest BCUT2D eigenvalue weighted by molar-refractivity contribution is 5.87. The van der Waals surface area contributed by atoms with Gasteiger partial charge < -0.3 is 10.3 Å². The van der Waals surface area contributed by atoms with Gasteiger partial charge in [-0.05, 0) is 12.1 Å². The molecule has 0 aliphatic carbocycles. The molecule has 0 amide bonds. The quantitative estimate of drug-likeness (QED) is 0.770. The van der Waals surface area contributed by atoms with Crippen LogP contribution in [0, 0.1) is 0 Å². The first-order valence-corrected chi connectivity index (χ1v) is 6.48. The lowest BCUT2D eigenvalue weighted by Gasteiger charge is -2.04. The Kier molecular flexibility index (Phi) is 3.06. The minimum absolute atomic E-state index is 0.0890. The molecule has 0 aromatic carbocycles. The van der Waals surface area contributed by atoms with E-state index in [0.29, 0.717) is 11.5 Å². The summed E-state index contributed by atoms with van der Waals surface area (Å²) in [5, 5.41) is 4.44. The van der Waals surface area contributed by atoms with Crippen molar-refractivity contribution in [2.75, 3.05) is 5.73 Å². The summed E-state index contributed by atoms with van der Waals surface area (Å²) >= 11 is 0. The molecule has 106 valence electrons. The molecule has 3 rings (SSSR count). The third-order valence-electron chi connectivity index (χ3n) is 3.42. The molecular weight excluding hydrogens is 266 g/mol. The van der Waals surface area contributed by atoms with Gasteiger partial charge in [-0.25, -0.2) is 0 Å². The minimum atomic E-state index is -0.0890. The molecule has 0 fully saturated rings. The van der Waals surface area contributed by atoms with Crippen molar-refractivity contribution in [3.8, 4) is 22.4 Å². The van der Waals surface area contributed by atoms with E-state index in [9.17, 15) is 4.79 Å². The lowest BCUT2D eigenvalue weighted by atomic mass is 10.0. The molecule has 6 heteroatoms. The van der Waals surface area contributed by atoms with Crippen LogP contribution < -0.4 is 11.3 Å². The van der Waals surface area contributed by atoms with Crippen molar-refractivity contribution in [3.63, 3.8) is 0 Å². The highest BCUT2D eigenvalue weighted by Crippen LogP contribution is 2.34. The number of hydrogen-bond acceptors (Lipinski definition) is 4. The SMILES string of the molecule is Cn1nc(-c2ccn(C)c(=O)c2)c(-c2cccnc2)c1N. The lowest BCUT2D eigenvalue weighted by Crippen LogP contribution is -2.14. The van der Waals surface area contributed by atoms with Crippen LogP contribution in [0.25, 0.3) is 22.4 Å². The Bertz CT molecular complexity index is 848. The van der Waals surface area contributed by atoms with E-state index in [4.69, 9.17) is 5.73 Å². The number of hydrogen-bond donors (Lipinski definition) is 1. The zero-order valence-electron chi connectivity index (χ0n) is 11.8. The molecule has 0 radical (unpaired) electrons. The normalized spacial score (nSPS) is 10.8. The zero-order valence-corrected chi connectivity index (χ0v) is 11.8. The van der Waals surface area contributed by atoms with Gasteiger partial charge in [-0.3, -0.25) is 14.5 Å². The Balaban J connectivity index is 2.26. The fraction of sp³-hybridized carbons (Fsp3) is 0.133. The van der Waals surface area contributed by atoms with Gasteiger partial charge in [0.1, 0.15) is 11.5 Å². The Morgan fingerprint density at radius 2 is 2.00 bits per heavy atom. The third-order valence-corrected chi connectivity index (χ3v) is 3.42. The first-order valence-electron chi connectivity index (χ1n) is 6.48. The number of rotatable bonds is 2. The van der Waals surface area contributed by atoms with Gasteiger partial charge in [0.15, 0.2) is 0 Å². The number of anilines is 1. The van der Waals surface area contributed by atoms with Crippen LogP contribution >= 0.6 is 0 Å². The molecule has 0 saturated carbocycles. The van der Waals surface area contributed by atoms with Crippen LogP contribution in [0.4, 0.5) is 5.82 Å². The summed E-state index contributed by atoms with van der Waals surface area (Å²) in [5.41, 5.74) is 9.13. The average molecular weight is 281 g/mol. The second-order valence-corrected chi connectivity index (χ2v) is 4.84. The van der Waals surface area contributed by atoms with E-state index in [-0.39, 0.29) is 5.56 Å². The van der Waals surface area contributed by atoms with Crippen LogP contribution in [0.1, 0.15) is 0 Å². The van der Waals surface area contributed by atoms with Gasteiger partial charge in [0, 0.05) is 49.9 Å². The summed E-state index contributed by atoms with van der Waals surface area (Å²) in [6, 6.07) is 7.17. The Labute approximate surface area is 121 Å². The molecule has 6 nitrogen and oxygen atoms in total. The van der Waals surface area contributed by atoms with E-state index >= 15 is 0 Å². The predicted molar refractivity (Wildman–Crippen MR) is 81.5 cm³/mol. The summed E-state index contributed by atoms with van der Waals surface area (Å²) < 4.78 is 3.12. The van der Waals surface area contributed by atoms with E-state index in [1.54, 1.807) is 43.4 Å². The number of aryl methyl sites for hydroxylation is 2. The standard InChI is InChI=1S/C15H15N5O/c1-19-7-5-10(8-12(19)21)14-13(15(16)20(2)18-14)11-4-3-6-17-9-11/h3-9H,16H2,1-2H3. The molecule has 0 spiro atoms. The molecule has 0 saturated heterocycles. The van der Waals surface area contributed by atoms with Crippen LogP contribution in [0.2, 0.25) is 0 Å². The largest absolute Gasteiger partial charge is 0.383 e. The fourth-order valence-electron chi connectivity index (χ4n) is 2.23. The van der Waals surface area contributed by atoms with Crippen molar-refractivity contribution < 1.29 is 0 Å². The molecule has 0 aliphatic rings. The molecule has 21 heavy (non-hydrogen) atoms. The van der Waals surface area contributed by atoms with Gasteiger partial charge in [-0.15, -0.1) is 0 Å². The number of aromatic nitrogens is 4. The van der Waals surface area contributed by atoms with Gasteiger partial charge in [-0.1, -0.05) is 6.07 Å². The topological polar surface area (TPSA) is 78.7 Å². The molecular formula is C15H15N5O. The lowest BCUT2D eigenvalue weighted by molar-refractivity contribution is 0.781. The van der Waals surface area contributed by atoms with Crippen LogP contribution in [0.5, 0.6) is 0 Å². The number of nitrogens with two attached hydrogens (primary N) is 1. The molecule has 0 atom stereocenters. The molecule has 0 bridgehead atoms. The third kappa shape index (κ3) is 2.20. The summed E-state index contributed by atoms with van der Waals surface area (Å²) in [7, 11) is 3.49. The second kappa shape index (κ2) is 4.90. The molecule has 3 heterocycles. The van der Waals surface area contributed by atoms with Crippen molar-refractivity contribution in [2.24, 2.45) is 14.1 Å². The Morgan fingerprint density at radius 3 is 2.67 bits per heavy atom. The van der Waals surface area contributed by atoms with Crippen LogP contribution in [-0.4, -0.2) is 19.3 Å². The molecule has 3 aromatic heterocycles. The predicted octanol–water partition coefficient (Wildman–Crippen LogP) is 1.43. The maximum Gasteiger partial charge on any atom is 0.250 e. The fourth-order valence-corrected chi connectivity index (χ4v) is 2.23. The molecule has 0 unspecified atom stereocenters. The minimum Gasteiger partial charge on any atom is -0.383 e. The van der Waals surface area contributed by atoms with Crippen molar-refractivity contribution in [3.05, 3.63) is 53.2 Å². The average Bonchev–Trinajstić information content (AvgIpc) is 2.79. The number of pyridine rings is 2.